The van der Waals surface area contributed by atoms with E-state index in [-0.39, 0.29) is 0 Å². The molecular formula is C15H24N2O. The van der Waals surface area contributed by atoms with Gasteiger partial charge >= 0.3 is 0 Å². The fourth-order valence-electron chi connectivity index (χ4n) is 3.06. The molecule has 1 aromatic rings. The third-order valence-electron chi connectivity index (χ3n) is 4.26. The molecule has 3 N–H and O–H groups in total. The number of rotatable bonds is 3. The smallest absolute Gasteiger partial charge is 0.0692 e. The molecule has 2 unspecified atom stereocenters. The summed E-state index contributed by atoms with van der Waals surface area (Å²) in [6, 6.07) is 1.81. The molecule has 0 aliphatic heterocycles. The summed E-state index contributed by atoms with van der Waals surface area (Å²) in [5, 5.41) is 10.8. The Morgan fingerprint density at radius 1 is 1.56 bits per heavy atom. The lowest BCUT2D eigenvalue weighted by Gasteiger charge is -2.38. The average Bonchev–Trinajstić information content (AvgIpc) is 2.32. The Bertz CT molecular complexity index is 405. The first-order chi connectivity index (χ1) is 8.50. The van der Waals surface area contributed by atoms with Crippen molar-refractivity contribution in [1.82, 2.24) is 4.98 Å². The van der Waals surface area contributed by atoms with Crippen LogP contribution in [-0.2, 0) is 6.42 Å². The second-order valence-electron chi connectivity index (χ2n) is 6.08. The molecule has 1 fully saturated rings. The highest BCUT2D eigenvalue weighted by atomic mass is 16.3. The fourth-order valence-corrected chi connectivity index (χ4v) is 3.06. The summed E-state index contributed by atoms with van der Waals surface area (Å²) >= 11 is 0. The van der Waals surface area contributed by atoms with E-state index in [9.17, 15) is 5.11 Å². The zero-order chi connectivity index (χ0) is 13.2. The number of aromatic nitrogens is 1. The number of hydrogen-bond donors (Lipinski definition) is 2. The SMILES string of the molecule is CC(C)C1CCCC(O)(Cc2cnccc2N)C1. The van der Waals surface area contributed by atoms with Crippen molar-refractivity contribution in [3.05, 3.63) is 24.0 Å². The molecule has 0 radical (unpaired) electrons. The molecule has 0 spiro atoms. The zero-order valence-corrected chi connectivity index (χ0v) is 11.4. The highest BCUT2D eigenvalue weighted by Gasteiger charge is 2.35. The number of aliphatic hydroxyl groups is 1. The van der Waals surface area contributed by atoms with Crippen LogP contribution in [0, 0.1) is 11.8 Å². The van der Waals surface area contributed by atoms with Crippen molar-refractivity contribution in [3.8, 4) is 0 Å². The first-order valence-electron chi connectivity index (χ1n) is 6.91. The minimum atomic E-state index is -0.593. The summed E-state index contributed by atoms with van der Waals surface area (Å²) in [4.78, 5) is 4.11. The van der Waals surface area contributed by atoms with Crippen molar-refractivity contribution in [1.29, 1.82) is 0 Å². The van der Waals surface area contributed by atoms with Crippen LogP contribution in [0.2, 0.25) is 0 Å². The standard InChI is InChI=1S/C15H24N2O/c1-11(2)12-4-3-6-15(18,8-12)9-13-10-17-7-5-14(13)16/h5,7,10-12,18H,3-4,6,8-9H2,1-2H3,(H2,16,17). The molecule has 2 rings (SSSR count). The summed E-state index contributed by atoms with van der Waals surface area (Å²) in [6.45, 7) is 4.49. The maximum Gasteiger partial charge on any atom is 0.0692 e. The lowest BCUT2D eigenvalue weighted by atomic mass is 9.71. The highest BCUT2D eigenvalue weighted by molar-refractivity contribution is 5.45. The van der Waals surface area contributed by atoms with Gasteiger partial charge in [-0.25, -0.2) is 0 Å². The second kappa shape index (κ2) is 5.27. The third kappa shape index (κ3) is 3.02. The lowest BCUT2D eigenvalue weighted by Crippen LogP contribution is -2.39. The molecule has 0 aromatic carbocycles. The summed E-state index contributed by atoms with van der Waals surface area (Å²) in [7, 11) is 0. The number of nitrogen functional groups attached to an aromatic ring is 1. The first kappa shape index (κ1) is 13.3. The van der Waals surface area contributed by atoms with E-state index in [1.165, 1.54) is 6.42 Å². The molecule has 1 aliphatic rings. The van der Waals surface area contributed by atoms with Gasteiger partial charge in [0.15, 0.2) is 0 Å². The van der Waals surface area contributed by atoms with Gasteiger partial charge in [-0.15, -0.1) is 0 Å². The van der Waals surface area contributed by atoms with Gasteiger partial charge in [0.2, 0.25) is 0 Å². The van der Waals surface area contributed by atoms with E-state index in [2.05, 4.69) is 18.8 Å². The molecular weight excluding hydrogens is 224 g/mol. The van der Waals surface area contributed by atoms with Crippen LogP contribution in [0.5, 0.6) is 0 Å². The van der Waals surface area contributed by atoms with Crippen molar-refractivity contribution in [3.63, 3.8) is 0 Å². The molecule has 3 nitrogen and oxygen atoms in total. The largest absolute Gasteiger partial charge is 0.398 e. The predicted molar refractivity (Wildman–Crippen MR) is 74.1 cm³/mol. The average molecular weight is 248 g/mol. The zero-order valence-electron chi connectivity index (χ0n) is 11.4. The monoisotopic (exact) mass is 248 g/mol. The molecule has 0 amide bonds. The van der Waals surface area contributed by atoms with Crippen LogP contribution in [0.25, 0.3) is 0 Å². The number of nitrogens with zero attached hydrogens (tertiary/aromatic N) is 1. The van der Waals surface area contributed by atoms with Gasteiger partial charge in [0.05, 0.1) is 5.60 Å². The Hall–Kier alpha value is -1.09. The minimum Gasteiger partial charge on any atom is -0.398 e. The van der Waals surface area contributed by atoms with Crippen LogP contribution in [0.4, 0.5) is 5.69 Å². The Balaban J connectivity index is 2.09. The fraction of sp³-hybridized carbons (Fsp3) is 0.667. The van der Waals surface area contributed by atoms with Crippen molar-refractivity contribution in [2.75, 3.05) is 5.73 Å². The Morgan fingerprint density at radius 3 is 3.00 bits per heavy atom. The quantitative estimate of drug-likeness (QED) is 0.864. The van der Waals surface area contributed by atoms with Crippen molar-refractivity contribution < 1.29 is 5.11 Å². The molecule has 1 aliphatic carbocycles. The molecule has 3 heteroatoms. The molecule has 18 heavy (non-hydrogen) atoms. The van der Waals surface area contributed by atoms with Gasteiger partial charge in [-0.05, 0) is 42.7 Å². The van der Waals surface area contributed by atoms with Crippen LogP contribution < -0.4 is 5.73 Å². The number of nitrogens with two attached hydrogens (primary N) is 1. The molecule has 1 saturated carbocycles. The van der Waals surface area contributed by atoms with Crippen molar-refractivity contribution >= 4 is 5.69 Å². The third-order valence-corrected chi connectivity index (χ3v) is 4.26. The van der Waals surface area contributed by atoms with Gasteiger partial charge in [0.25, 0.3) is 0 Å². The van der Waals surface area contributed by atoms with Gasteiger partial charge in [-0.1, -0.05) is 20.3 Å². The molecule has 100 valence electrons. The summed E-state index contributed by atoms with van der Waals surface area (Å²) in [6.07, 6.45) is 8.23. The van der Waals surface area contributed by atoms with Crippen LogP contribution in [-0.4, -0.2) is 15.7 Å². The van der Waals surface area contributed by atoms with E-state index >= 15 is 0 Å². The normalized spacial score (nSPS) is 28.6. The number of hydrogen-bond acceptors (Lipinski definition) is 3. The number of pyridine rings is 1. The first-order valence-corrected chi connectivity index (χ1v) is 6.91. The van der Waals surface area contributed by atoms with E-state index in [1.54, 1.807) is 18.5 Å². The molecule has 1 aromatic heterocycles. The minimum absolute atomic E-state index is 0.593. The van der Waals surface area contributed by atoms with Gasteiger partial charge in [-0.3, -0.25) is 4.98 Å². The molecule has 0 bridgehead atoms. The van der Waals surface area contributed by atoms with Gasteiger partial charge < -0.3 is 10.8 Å². The maximum absolute atomic E-state index is 10.8. The second-order valence-corrected chi connectivity index (χ2v) is 6.08. The van der Waals surface area contributed by atoms with Crippen molar-refractivity contribution in [2.24, 2.45) is 11.8 Å². The number of anilines is 1. The van der Waals surface area contributed by atoms with Gasteiger partial charge in [0.1, 0.15) is 0 Å². The summed E-state index contributed by atoms with van der Waals surface area (Å²) in [5.74, 6) is 1.27. The van der Waals surface area contributed by atoms with E-state index in [1.807, 2.05) is 0 Å². The van der Waals surface area contributed by atoms with E-state index in [0.29, 0.717) is 18.3 Å². The van der Waals surface area contributed by atoms with Gasteiger partial charge in [-0.2, -0.15) is 0 Å². The van der Waals surface area contributed by atoms with Crippen LogP contribution >= 0.6 is 0 Å². The van der Waals surface area contributed by atoms with E-state index < -0.39 is 5.60 Å². The molecule has 0 saturated heterocycles. The van der Waals surface area contributed by atoms with E-state index in [0.717, 1.165) is 30.5 Å². The van der Waals surface area contributed by atoms with Crippen LogP contribution in [0.3, 0.4) is 0 Å². The topological polar surface area (TPSA) is 59.1 Å². The van der Waals surface area contributed by atoms with E-state index in [4.69, 9.17) is 5.73 Å². The maximum atomic E-state index is 10.8. The van der Waals surface area contributed by atoms with Crippen LogP contribution in [0.15, 0.2) is 18.5 Å². The Morgan fingerprint density at radius 2 is 2.33 bits per heavy atom. The predicted octanol–water partition coefficient (Wildman–Crippen LogP) is 2.78. The summed E-state index contributed by atoms with van der Waals surface area (Å²) in [5.41, 5.74) is 7.06. The van der Waals surface area contributed by atoms with Crippen LogP contribution in [0.1, 0.15) is 45.1 Å². The summed E-state index contributed by atoms with van der Waals surface area (Å²) < 4.78 is 0. The highest BCUT2D eigenvalue weighted by Crippen LogP contribution is 2.38. The lowest BCUT2D eigenvalue weighted by molar-refractivity contribution is -0.0239. The Labute approximate surface area is 109 Å². The molecule has 2 atom stereocenters. The Kier molecular flexibility index (Phi) is 3.91. The molecule has 1 heterocycles. The van der Waals surface area contributed by atoms with Gasteiger partial charge in [0, 0.05) is 24.5 Å². The van der Waals surface area contributed by atoms with Crippen molar-refractivity contribution in [2.45, 2.75) is 51.6 Å².